The number of carboxylic acids is 1. The van der Waals surface area contributed by atoms with Gasteiger partial charge in [0.15, 0.2) is 0 Å². The first kappa shape index (κ1) is 14.2. The number of carbonyl (C=O) groups is 2. The van der Waals surface area contributed by atoms with Crippen molar-refractivity contribution in [2.24, 2.45) is 17.8 Å². The van der Waals surface area contributed by atoms with Gasteiger partial charge in [0.1, 0.15) is 0 Å². The molecule has 2 N–H and O–H groups in total. The predicted octanol–water partition coefficient (Wildman–Crippen LogP) is 1.93. The fourth-order valence-electron chi connectivity index (χ4n) is 3.12. The van der Waals surface area contributed by atoms with Gasteiger partial charge in [-0.3, -0.25) is 4.79 Å². The number of aliphatic carboxylic acids is 1. The third-order valence-electron chi connectivity index (χ3n) is 4.56. The third kappa shape index (κ3) is 3.39. The second kappa shape index (κ2) is 5.80. The Morgan fingerprint density at radius 3 is 2.53 bits per heavy atom. The standard InChI is InChI=1S/C14H24N2O3/c1-9(2)11-5-6-16(8-11)14(19)15-12-4-3-10(7-12)13(17)18/h9-12H,3-8H2,1-2H3,(H,15,19)(H,17,18)/t10-,11?,12+/m1/s1. The Balaban J connectivity index is 1.78. The fourth-order valence-corrected chi connectivity index (χ4v) is 3.12. The average molecular weight is 268 g/mol. The first-order chi connectivity index (χ1) is 8.97. The summed E-state index contributed by atoms with van der Waals surface area (Å²) in [7, 11) is 0. The van der Waals surface area contributed by atoms with Crippen molar-refractivity contribution in [2.45, 2.75) is 45.6 Å². The van der Waals surface area contributed by atoms with E-state index in [9.17, 15) is 9.59 Å². The summed E-state index contributed by atoms with van der Waals surface area (Å²) < 4.78 is 0. The lowest BCUT2D eigenvalue weighted by atomic mass is 9.95. The van der Waals surface area contributed by atoms with E-state index in [1.54, 1.807) is 0 Å². The monoisotopic (exact) mass is 268 g/mol. The number of rotatable bonds is 3. The van der Waals surface area contributed by atoms with E-state index in [2.05, 4.69) is 19.2 Å². The van der Waals surface area contributed by atoms with E-state index in [0.29, 0.717) is 24.7 Å². The minimum absolute atomic E-state index is 0.0146. The quantitative estimate of drug-likeness (QED) is 0.821. The molecule has 1 aliphatic heterocycles. The molecule has 0 aromatic rings. The maximum atomic E-state index is 12.1. The van der Waals surface area contributed by atoms with Crippen LogP contribution in [0.4, 0.5) is 4.79 Å². The second-order valence-corrected chi connectivity index (χ2v) is 6.23. The smallest absolute Gasteiger partial charge is 0.317 e. The first-order valence-corrected chi connectivity index (χ1v) is 7.25. The highest BCUT2D eigenvalue weighted by molar-refractivity contribution is 5.75. The van der Waals surface area contributed by atoms with Gasteiger partial charge in [0.25, 0.3) is 0 Å². The Bertz CT molecular complexity index is 357. The highest BCUT2D eigenvalue weighted by atomic mass is 16.4. The van der Waals surface area contributed by atoms with Crippen LogP contribution in [0, 0.1) is 17.8 Å². The zero-order chi connectivity index (χ0) is 14.0. The summed E-state index contributed by atoms with van der Waals surface area (Å²) in [5, 5.41) is 11.9. The number of hydrogen-bond acceptors (Lipinski definition) is 2. The van der Waals surface area contributed by atoms with Crippen molar-refractivity contribution in [1.29, 1.82) is 0 Å². The maximum absolute atomic E-state index is 12.1. The number of nitrogens with zero attached hydrogens (tertiary/aromatic N) is 1. The van der Waals surface area contributed by atoms with Gasteiger partial charge in [0.05, 0.1) is 5.92 Å². The van der Waals surface area contributed by atoms with E-state index in [-0.39, 0.29) is 18.0 Å². The van der Waals surface area contributed by atoms with Crippen molar-refractivity contribution in [1.82, 2.24) is 10.2 Å². The highest BCUT2D eigenvalue weighted by Gasteiger charge is 2.33. The van der Waals surface area contributed by atoms with Crippen LogP contribution in [0.25, 0.3) is 0 Å². The van der Waals surface area contributed by atoms with E-state index in [4.69, 9.17) is 5.11 Å². The molecule has 0 aromatic carbocycles. The van der Waals surface area contributed by atoms with E-state index >= 15 is 0 Å². The normalized spacial score (nSPS) is 30.9. The van der Waals surface area contributed by atoms with Crippen LogP contribution in [0.5, 0.6) is 0 Å². The van der Waals surface area contributed by atoms with E-state index in [1.807, 2.05) is 4.90 Å². The van der Waals surface area contributed by atoms with Crippen LogP contribution in [0.2, 0.25) is 0 Å². The van der Waals surface area contributed by atoms with E-state index in [1.165, 1.54) is 0 Å². The summed E-state index contributed by atoms with van der Waals surface area (Å²) in [4.78, 5) is 24.9. The molecule has 108 valence electrons. The van der Waals surface area contributed by atoms with Crippen molar-refractivity contribution < 1.29 is 14.7 Å². The summed E-state index contributed by atoms with van der Waals surface area (Å²) in [5.74, 6) is 0.187. The number of urea groups is 1. The number of likely N-dealkylation sites (tertiary alicyclic amines) is 1. The summed E-state index contributed by atoms with van der Waals surface area (Å²) in [6, 6.07) is 0.0193. The SMILES string of the molecule is CC(C)C1CCN(C(=O)N[C@H]2CC[C@@H](C(=O)O)C2)C1. The molecule has 0 aromatic heterocycles. The molecular formula is C14H24N2O3. The molecule has 0 spiro atoms. The molecule has 5 nitrogen and oxygen atoms in total. The van der Waals surface area contributed by atoms with Gasteiger partial charge in [-0.05, 0) is 37.5 Å². The Morgan fingerprint density at radius 1 is 1.26 bits per heavy atom. The maximum Gasteiger partial charge on any atom is 0.317 e. The zero-order valence-corrected chi connectivity index (χ0v) is 11.8. The van der Waals surface area contributed by atoms with Gasteiger partial charge in [0, 0.05) is 19.1 Å². The van der Waals surface area contributed by atoms with E-state index in [0.717, 1.165) is 25.9 Å². The molecule has 1 heterocycles. The molecule has 1 unspecified atom stereocenters. The molecule has 1 saturated carbocycles. The molecule has 19 heavy (non-hydrogen) atoms. The Kier molecular flexibility index (Phi) is 4.32. The molecule has 1 saturated heterocycles. The van der Waals surface area contributed by atoms with Crippen molar-refractivity contribution >= 4 is 12.0 Å². The van der Waals surface area contributed by atoms with Gasteiger partial charge in [-0.15, -0.1) is 0 Å². The molecule has 0 bridgehead atoms. The number of amides is 2. The first-order valence-electron chi connectivity index (χ1n) is 7.25. The minimum Gasteiger partial charge on any atom is -0.481 e. The van der Waals surface area contributed by atoms with Crippen LogP contribution in [0.1, 0.15) is 39.5 Å². The molecule has 3 atom stereocenters. The van der Waals surface area contributed by atoms with Crippen LogP contribution >= 0.6 is 0 Å². The molecule has 5 heteroatoms. The van der Waals surface area contributed by atoms with Gasteiger partial charge in [-0.25, -0.2) is 4.79 Å². The highest BCUT2D eigenvalue weighted by Crippen LogP contribution is 2.27. The van der Waals surface area contributed by atoms with Crippen molar-refractivity contribution in [3.63, 3.8) is 0 Å². The lowest BCUT2D eigenvalue weighted by Gasteiger charge is -2.21. The van der Waals surface area contributed by atoms with Gasteiger partial charge < -0.3 is 15.3 Å². The van der Waals surface area contributed by atoms with Crippen LogP contribution in [-0.2, 0) is 4.79 Å². The molecule has 2 fully saturated rings. The zero-order valence-electron chi connectivity index (χ0n) is 11.8. The summed E-state index contributed by atoms with van der Waals surface area (Å²) >= 11 is 0. The molecule has 2 amide bonds. The van der Waals surface area contributed by atoms with E-state index < -0.39 is 5.97 Å². The van der Waals surface area contributed by atoms with Crippen molar-refractivity contribution in [3.8, 4) is 0 Å². The number of nitrogens with one attached hydrogen (secondary N) is 1. The molecule has 0 radical (unpaired) electrons. The number of carbonyl (C=O) groups excluding carboxylic acids is 1. The molecular weight excluding hydrogens is 244 g/mol. The van der Waals surface area contributed by atoms with Crippen LogP contribution in [0.3, 0.4) is 0 Å². The Morgan fingerprint density at radius 2 is 2.00 bits per heavy atom. The fraction of sp³-hybridized carbons (Fsp3) is 0.857. The van der Waals surface area contributed by atoms with Crippen LogP contribution in [0.15, 0.2) is 0 Å². The summed E-state index contributed by atoms with van der Waals surface area (Å²) in [6.07, 6.45) is 3.11. The predicted molar refractivity (Wildman–Crippen MR) is 71.8 cm³/mol. The summed E-state index contributed by atoms with van der Waals surface area (Å²) in [6.45, 7) is 6.04. The Hall–Kier alpha value is -1.26. The molecule has 2 aliphatic rings. The molecule has 2 rings (SSSR count). The topological polar surface area (TPSA) is 69.6 Å². The summed E-state index contributed by atoms with van der Waals surface area (Å²) in [5.41, 5.74) is 0. The Labute approximate surface area is 114 Å². The third-order valence-corrected chi connectivity index (χ3v) is 4.56. The van der Waals surface area contributed by atoms with Crippen LogP contribution in [-0.4, -0.2) is 41.1 Å². The number of hydrogen-bond donors (Lipinski definition) is 2. The van der Waals surface area contributed by atoms with Gasteiger partial charge in [-0.2, -0.15) is 0 Å². The molecule has 1 aliphatic carbocycles. The second-order valence-electron chi connectivity index (χ2n) is 6.23. The van der Waals surface area contributed by atoms with Gasteiger partial charge >= 0.3 is 12.0 Å². The minimum atomic E-state index is -0.738. The lowest BCUT2D eigenvalue weighted by molar-refractivity contribution is -0.141. The van der Waals surface area contributed by atoms with Crippen molar-refractivity contribution in [2.75, 3.05) is 13.1 Å². The van der Waals surface area contributed by atoms with Gasteiger partial charge in [-0.1, -0.05) is 13.8 Å². The largest absolute Gasteiger partial charge is 0.481 e. The van der Waals surface area contributed by atoms with Gasteiger partial charge in [0.2, 0.25) is 0 Å². The average Bonchev–Trinajstić information content (AvgIpc) is 2.96. The van der Waals surface area contributed by atoms with Crippen LogP contribution < -0.4 is 5.32 Å². The lowest BCUT2D eigenvalue weighted by Crippen LogP contribution is -2.43. The van der Waals surface area contributed by atoms with Crippen molar-refractivity contribution in [3.05, 3.63) is 0 Å². The number of carboxylic acid groups (broad SMARTS) is 1.